The number of hydrogen-bond acceptors (Lipinski definition) is 8. The van der Waals surface area contributed by atoms with E-state index < -0.39 is 9.84 Å². The molecule has 3 N–H and O–H groups in total. The third-order valence-corrected chi connectivity index (χ3v) is 6.63. The second kappa shape index (κ2) is 7.61. The molecule has 4 rings (SSSR count). The van der Waals surface area contributed by atoms with Crippen molar-refractivity contribution in [2.75, 3.05) is 11.1 Å². The number of aryl methyl sites for hydroxylation is 1. The summed E-state index contributed by atoms with van der Waals surface area (Å²) < 4.78 is 25.8. The Morgan fingerprint density at radius 2 is 1.72 bits per heavy atom. The summed E-state index contributed by atoms with van der Waals surface area (Å²) in [6, 6.07) is 14.5. The Morgan fingerprint density at radius 1 is 0.966 bits per heavy atom. The lowest BCUT2D eigenvalue weighted by Gasteiger charge is -2.09. The molecule has 0 aliphatic heterocycles. The Kier molecular flexibility index (Phi) is 4.99. The van der Waals surface area contributed by atoms with Gasteiger partial charge in [-0.2, -0.15) is 0 Å². The van der Waals surface area contributed by atoms with Gasteiger partial charge in [-0.1, -0.05) is 12.1 Å². The standard InChI is InChI=1S/C20H17N5O2S2/c1-13-23-19(12-28-13)18-8-9-22-20(25-18)24-15-5-3-7-17(11-15)29(26,27)16-6-2-4-14(21)10-16/h2-12H,21H2,1H3,(H,22,24,25). The Hall–Kier alpha value is -3.30. The molecule has 0 fully saturated rings. The Bertz CT molecular complexity index is 1290. The van der Waals surface area contributed by atoms with Gasteiger partial charge in [0.25, 0.3) is 0 Å². The predicted molar refractivity (Wildman–Crippen MR) is 114 cm³/mol. The summed E-state index contributed by atoms with van der Waals surface area (Å²) in [6.45, 7) is 1.93. The minimum Gasteiger partial charge on any atom is -0.399 e. The van der Waals surface area contributed by atoms with E-state index in [1.807, 2.05) is 12.3 Å². The highest BCUT2D eigenvalue weighted by atomic mass is 32.2. The van der Waals surface area contributed by atoms with Crippen LogP contribution in [0.4, 0.5) is 17.3 Å². The van der Waals surface area contributed by atoms with Crippen LogP contribution in [0.5, 0.6) is 0 Å². The number of benzene rings is 2. The molecule has 146 valence electrons. The van der Waals surface area contributed by atoms with Crippen molar-refractivity contribution in [3.8, 4) is 11.4 Å². The second-order valence-corrected chi connectivity index (χ2v) is 9.26. The van der Waals surface area contributed by atoms with Crippen molar-refractivity contribution >= 4 is 38.5 Å². The third kappa shape index (κ3) is 4.10. The molecular weight excluding hydrogens is 406 g/mol. The SMILES string of the molecule is Cc1nc(-c2ccnc(Nc3cccc(S(=O)(=O)c4cccc(N)c4)c3)n2)cs1. The van der Waals surface area contributed by atoms with E-state index in [2.05, 4.69) is 20.3 Å². The van der Waals surface area contributed by atoms with Crippen LogP contribution in [0, 0.1) is 6.92 Å². The quantitative estimate of drug-likeness (QED) is 0.466. The van der Waals surface area contributed by atoms with Gasteiger partial charge in [0.2, 0.25) is 15.8 Å². The van der Waals surface area contributed by atoms with Crippen molar-refractivity contribution in [2.45, 2.75) is 16.7 Å². The first-order valence-corrected chi connectivity index (χ1v) is 11.0. The summed E-state index contributed by atoms with van der Waals surface area (Å²) >= 11 is 1.55. The molecule has 2 heterocycles. The minimum absolute atomic E-state index is 0.145. The summed E-state index contributed by atoms with van der Waals surface area (Å²) in [4.78, 5) is 13.4. The van der Waals surface area contributed by atoms with E-state index in [-0.39, 0.29) is 9.79 Å². The van der Waals surface area contributed by atoms with E-state index in [4.69, 9.17) is 5.73 Å². The molecule has 0 saturated heterocycles. The van der Waals surface area contributed by atoms with E-state index in [0.717, 1.165) is 10.7 Å². The number of nitrogens with one attached hydrogen (secondary N) is 1. The van der Waals surface area contributed by atoms with E-state index in [1.165, 1.54) is 12.1 Å². The molecule has 0 atom stereocenters. The summed E-state index contributed by atoms with van der Waals surface area (Å²) in [7, 11) is -3.69. The van der Waals surface area contributed by atoms with Crippen LogP contribution in [-0.2, 0) is 9.84 Å². The molecule has 0 saturated carbocycles. The predicted octanol–water partition coefficient (Wildman–Crippen LogP) is 4.07. The molecule has 0 aliphatic rings. The van der Waals surface area contributed by atoms with Gasteiger partial charge in [-0.15, -0.1) is 11.3 Å². The first kappa shape index (κ1) is 19.0. The average Bonchev–Trinajstić information content (AvgIpc) is 3.15. The van der Waals surface area contributed by atoms with Crippen LogP contribution in [0.2, 0.25) is 0 Å². The molecule has 0 amide bonds. The molecular formula is C20H17N5O2S2. The Labute approximate surface area is 172 Å². The zero-order chi connectivity index (χ0) is 20.4. The largest absolute Gasteiger partial charge is 0.399 e. The van der Waals surface area contributed by atoms with Crippen LogP contribution >= 0.6 is 11.3 Å². The van der Waals surface area contributed by atoms with Crippen molar-refractivity contribution in [3.05, 3.63) is 71.2 Å². The molecule has 2 aromatic heterocycles. The second-order valence-electron chi connectivity index (χ2n) is 6.25. The van der Waals surface area contributed by atoms with Crippen LogP contribution in [-0.4, -0.2) is 23.4 Å². The average molecular weight is 424 g/mol. The monoisotopic (exact) mass is 423 g/mol. The Morgan fingerprint density at radius 3 is 2.45 bits per heavy atom. The summed E-state index contributed by atoms with van der Waals surface area (Å²) in [5.41, 5.74) is 8.14. The van der Waals surface area contributed by atoms with E-state index in [1.54, 1.807) is 60.0 Å². The highest BCUT2D eigenvalue weighted by molar-refractivity contribution is 7.91. The number of anilines is 3. The van der Waals surface area contributed by atoms with Crippen molar-refractivity contribution in [3.63, 3.8) is 0 Å². The van der Waals surface area contributed by atoms with Gasteiger partial charge in [0.1, 0.15) is 5.69 Å². The maximum Gasteiger partial charge on any atom is 0.227 e. The van der Waals surface area contributed by atoms with Crippen LogP contribution in [0.1, 0.15) is 5.01 Å². The van der Waals surface area contributed by atoms with Gasteiger partial charge in [0, 0.05) is 23.0 Å². The number of thiazole rings is 1. The number of nitrogens with two attached hydrogens (primary N) is 1. The smallest absolute Gasteiger partial charge is 0.227 e. The van der Waals surface area contributed by atoms with Gasteiger partial charge in [-0.05, 0) is 49.4 Å². The van der Waals surface area contributed by atoms with Gasteiger partial charge in [0.15, 0.2) is 0 Å². The van der Waals surface area contributed by atoms with E-state index in [0.29, 0.717) is 23.0 Å². The zero-order valence-corrected chi connectivity index (χ0v) is 17.0. The Balaban J connectivity index is 1.63. The number of nitrogen functional groups attached to an aromatic ring is 1. The van der Waals surface area contributed by atoms with Crippen LogP contribution in [0.15, 0.2) is 76.0 Å². The first-order chi connectivity index (χ1) is 13.9. The number of sulfone groups is 1. The van der Waals surface area contributed by atoms with Gasteiger partial charge in [0.05, 0.1) is 20.5 Å². The molecule has 0 spiro atoms. The zero-order valence-electron chi connectivity index (χ0n) is 15.4. The van der Waals surface area contributed by atoms with Crippen molar-refractivity contribution in [2.24, 2.45) is 0 Å². The molecule has 0 aliphatic carbocycles. The van der Waals surface area contributed by atoms with Gasteiger partial charge in [-0.3, -0.25) is 0 Å². The fourth-order valence-corrected chi connectivity index (χ4v) is 4.70. The molecule has 0 radical (unpaired) electrons. The molecule has 7 nitrogen and oxygen atoms in total. The maximum absolute atomic E-state index is 12.9. The topological polar surface area (TPSA) is 111 Å². The molecule has 29 heavy (non-hydrogen) atoms. The lowest BCUT2D eigenvalue weighted by atomic mass is 10.3. The first-order valence-electron chi connectivity index (χ1n) is 8.65. The van der Waals surface area contributed by atoms with Gasteiger partial charge < -0.3 is 11.1 Å². The van der Waals surface area contributed by atoms with Crippen LogP contribution in [0.3, 0.4) is 0 Å². The minimum atomic E-state index is -3.69. The van der Waals surface area contributed by atoms with Crippen molar-refractivity contribution in [1.82, 2.24) is 15.0 Å². The number of nitrogens with zero attached hydrogens (tertiary/aromatic N) is 3. The fourth-order valence-electron chi connectivity index (χ4n) is 2.73. The molecule has 0 bridgehead atoms. The lowest BCUT2D eigenvalue weighted by Crippen LogP contribution is -2.04. The number of rotatable bonds is 5. The number of hydrogen-bond donors (Lipinski definition) is 2. The fraction of sp³-hybridized carbons (Fsp3) is 0.0500. The van der Waals surface area contributed by atoms with Crippen molar-refractivity contribution < 1.29 is 8.42 Å². The van der Waals surface area contributed by atoms with Crippen LogP contribution < -0.4 is 11.1 Å². The molecule has 4 aromatic rings. The third-order valence-electron chi connectivity index (χ3n) is 4.11. The molecule has 0 unspecified atom stereocenters. The lowest BCUT2D eigenvalue weighted by molar-refractivity contribution is 0.596. The van der Waals surface area contributed by atoms with Crippen molar-refractivity contribution in [1.29, 1.82) is 0 Å². The normalized spacial score (nSPS) is 11.3. The highest BCUT2D eigenvalue weighted by Crippen LogP contribution is 2.26. The molecule has 2 aromatic carbocycles. The summed E-state index contributed by atoms with van der Waals surface area (Å²) in [6.07, 6.45) is 1.63. The van der Waals surface area contributed by atoms with E-state index >= 15 is 0 Å². The summed E-state index contributed by atoms with van der Waals surface area (Å²) in [5.74, 6) is 0.353. The maximum atomic E-state index is 12.9. The number of aromatic nitrogens is 3. The van der Waals surface area contributed by atoms with E-state index in [9.17, 15) is 8.42 Å². The van der Waals surface area contributed by atoms with Gasteiger partial charge in [-0.25, -0.2) is 23.4 Å². The molecule has 9 heteroatoms. The van der Waals surface area contributed by atoms with Crippen LogP contribution in [0.25, 0.3) is 11.4 Å². The summed E-state index contributed by atoms with van der Waals surface area (Å²) in [5, 5.41) is 5.94. The highest BCUT2D eigenvalue weighted by Gasteiger charge is 2.18. The van der Waals surface area contributed by atoms with Gasteiger partial charge >= 0.3 is 0 Å².